The van der Waals surface area contributed by atoms with Crippen molar-refractivity contribution >= 4 is 20.3 Å². The summed E-state index contributed by atoms with van der Waals surface area (Å²) < 4.78 is 17.5. The molecule has 5 heteroatoms. The zero-order valence-electron chi connectivity index (χ0n) is 21.9. The van der Waals surface area contributed by atoms with Gasteiger partial charge in [0.2, 0.25) is 0 Å². The number of hydrogen-bond acceptors (Lipinski definition) is 4. The average molecular weight is 509 g/mol. The number of benzene rings is 4. The van der Waals surface area contributed by atoms with Crippen LogP contribution >= 0.6 is 8.69 Å². The second-order valence-corrected chi connectivity index (χ2v) is 9.80. The molecule has 0 fully saturated rings. The summed E-state index contributed by atoms with van der Waals surface area (Å²) in [6.07, 6.45) is 0. The third-order valence-corrected chi connectivity index (χ3v) is 7.32. The van der Waals surface area contributed by atoms with Gasteiger partial charge in [0.05, 0.1) is 5.56 Å². The van der Waals surface area contributed by atoms with Crippen LogP contribution in [0, 0.1) is 41.5 Å². The van der Waals surface area contributed by atoms with Crippen LogP contribution in [0.2, 0.25) is 0 Å². The van der Waals surface area contributed by atoms with Gasteiger partial charge < -0.3 is 4.52 Å². The first kappa shape index (κ1) is 26.2. The molecule has 0 amide bonds. The van der Waals surface area contributed by atoms with Crippen molar-refractivity contribution in [3.63, 3.8) is 0 Å². The van der Waals surface area contributed by atoms with Crippen LogP contribution in [-0.2, 0) is 4.57 Å². The molecule has 0 atom stereocenters. The summed E-state index contributed by atoms with van der Waals surface area (Å²) in [5, 5.41) is 0. The molecule has 0 spiro atoms. The van der Waals surface area contributed by atoms with Crippen molar-refractivity contribution in [2.75, 3.05) is 0 Å². The maximum Gasteiger partial charge on any atom is 0.395 e. The largest absolute Gasteiger partial charge is 0.406 e. The van der Waals surface area contributed by atoms with Crippen LogP contribution in [-0.4, -0.2) is 11.6 Å². The maximum atomic E-state index is 14.0. The molecule has 4 nitrogen and oxygen atoms in total. The topological polar surface area (TPSA) is 60.4 Å². The quantitative estimate of drug-likeness (QED) is 0.186. The lowest BCUT2D eigenvalue weighted by Crippen LogP contribution is -2.12. The molecule has 0 aliphatic rings. The highest BCUT2D eigenvalue weighted by Crippen LogP contribution is 2.44. The third kappa shape index (κ3) is 4.77. The Morgan fingerprint density at radius 1 is 0.676 bits per heavy atom. The molecule has 0 saturated heterocycles. The molecule has 4 aromatic carbocycles. The van der Waals surface area contributed by atoms with Crippen LogP contribution in [0.1, 0.15) is 65.2 Å². The summed E-state index contributed by atoms with van der Waals surface area (Å²) in [6.45, 7) is 11.7. The van der Waals surface area contributed by atoms with Gasteiger partial charge >= 0.3 is 8.69 Å². The number of ketones is 2. The van der Waals surface area contributed by atoms with Gasteiger partial charge in [-0.3, -0.25) is 9.59 Å². The molecule has 0 aromatic heterocycles. The summed E-state index contributed by atoms with van der Waals surface area (Å²) in [4.78, 5) is 27.7. The summed E-state index contributed by atoms with van der Waals surface area (Å²) in [7, 11) is -0.586. The molecule has 4 rings (SSSR count). The van der Waals surface area contributed by atoms with Gasteiger partial charge in [0.1, 0.15) is 0 Å². The van der Waals surface area contributed by atoms with Crippen molar-refractivity contribution in [3.05, 3.63) is 122 Å². The van der Waals surface area contributed by atoms with Crippen molar-refractivity contribution in [1.82, 2.24) is 0 Å². The minimum absolute atomic E-state index is 0.107. The minimum Gasteiger partial charge on any atom is -0.406 e. The Morgan fingerprint density at radius 3 is 1.89 bits per heavy atom. The summed E-state index contributed by atoms with van der Waals surface area (Å²) in [5.74, 6) is -0.122. The molecule has 0 radical (unpaired) electrons. The van der Waals surface area contributed by atoms with E-state index in [1.807, 2.05) is 77.9 Å². The van der Waals surface area contributed by atoms with E-state index in [1.54, 1.807) is 30.3 Å². The first-order valence-corrected chi connectivity index (χ1v) is 12.9. The van der Waals surface area contributed by atoms with Crippen LogP contribution in [0.5, 0.6) is 5.75 Å². The van der Waals surface area contributed by atoms with Gasteiger partial charge in [0.25, 0.3) is 0 Å². The molecular weight excluding hydrogens is 479 g/mol. The molecule has 0 aliphatic heterocycles. The Kier molecular flexibility index (Phi) is 7.52. The van der Waals surface area contributed by atoms with E-state index >= 15 is 0 Å². The van der Waals surface area contributed by atoms with Crippen molar-refractivity contribution in [1.29, 1.82) is 0 Å². The number of hydrogen-bond donors (Lipinski definition) is 0. The predicted octanol–water partition coefficient (Wildman–Crippen LogP) is 8.25. The van der Waals surface area contributed by atoms with Crippen molar-refractivity contribution in [2.45, 2.75) is 41.5 Å². The molecule has 4 aromatic rings. The fourth-order valence-electron chi connectivity index (χ4n) is 5.15. The van der Waals surface area contributed by atoms with Gasteiger partial charge in [0.15, 0.2) is 17.3 Å². The normalized spacial score (nSPS) is 11.0. The van der Waals surface area contributed by atoms with Crippen LogP contribution in [0.15, 0.2) is 66.7 Å². The third-order valence-electron chi connectivity index (χ3n) is 7.07. The van der Waals surface area contributed by atoms with Gasteiger partial charge in [-0.05, 0) is 74.9 Å². The zero-order chi connectivity index (χ0) is 26.9. The molecule has 0 bridgehead atoms. The molecular formula is C32H29O4P. The van der Waals surface area contributed by atoms with Crippen LogP contribution in [0.3, 0.4) is 0 Å². The molecule has 0 N–H and O–H groups in total. The predicted molar refractivity (Wildman–Crippen MR) is 148 cm³/mol. The van der Waals surface area contributed by atoms with E-state index in [-0.39, 0.29) is 17.3 Å². The number of carbonyl (C=O) groups is 2. The number of rotatable bonds is 7. The second kappa shape index (κ2) is 10.6. The van der Waals surface area contributed by atoms with Crippen LogP contribution < -0.4 is 4.52 Å². The summed E-state index contributed by atoms with van der Waals surface area (Å²) in [5.41, 5.74) is 8.66. The maximum absolute atomic E-state index is 14.0. The Morgan fingerprint density at radius 2 is 1.27 bits per heavy atom. The van der Waals surface area contributed by atoms with Gasteiger partial charge in [-0.15, -0.1) is 0 Å². The number of carbonyl (C=O) groups excluding carboxylic acids is 2. The summed E-state index contributed by atoms with van der Waals surface area (Å²) in [6, 6.07) is 20.3. The Balaban J connectivity index is 2.04. The van der Waals surface area contributed by atoms with Crippen molar-refractivity contribution in [3.8, 4) is 16.9 Å². The van der Waals surface area contributed by atoms with E-state index < -0.39 is 8.69 Å². The van der Waals surface area contributed by atoms with E-state index in [0.717, 1.165) is 33.4 Å². The number of aryl methyl sites for hydroxylation is 3. The van der Waals surface area contributed by atoms with E-state index in [4.69, 9.17) is 4.52 Å². The van der Waals surface area contributed by atoms with E-state index in [0.29, 0.717) is 33.4 Å². The monoisotopic (exact) mass is 508 g/mol. The molecule has 0 unspecified atom stereocenters. The smallest absolute Gasteiger partial charge is 0.395 e. The first-order chi connectivity index (χ1) is 17.7. The lowest BCUT2D eigenvalue weighted by Gasteiger charge is -2.22. The Bertz CT molecular complexity index is 1530. The van der Waals surface area contributed by atoms with Crippen molar-refractivity contribution in [2.24, 2.45) is 0 Å². The second-order valence-electron chi connectivity index (χ2n) is 9.46. The highest BCUT2D eigenvalue weighted by molar-refractivity contribution is 7.17. The molecule has 186 valence electrons. The Hall–Kier alpha value is -3.88. The van der Waals surface area contributed by atoms with Gasteiger partial charge in [-0.1, -0.05) is 72.3 Å². The van der Waals surface area contributed by atoms with Gasteiger partial charge in [-0.25, -0.2) is 4.57 Å². The summed E-state index contributed by atoms with van der Waals surface area (Å²) >= 11 is 0. The highest BCUT2D eigenvalue weighted by atomic mass is 31.1. The fraction of sp³-hybridized carbons (Fsp3) is 0.188. The van der Waals surface area contributed by atoms with Crippen LogP contribution in [0.25, 0.3) is 11.1 Å². The van der Waals surface area contributed by atoms with Crippen molar-refractivity contribution < 1.29 is 18.7 Å². The Labute approximate surface area is 219 Å². The first-order valence-electron chi connectivity index (χ1n) is 12.1. The highest BCUT2D eigenvalue weighted by Gasteiger charge is 2.28. The standard InChI is InChI=1S/C32H29O4P/c1-18-16-19(2)27(20(3)17-18)31(34)26-15-11-10-14-25(26)28-22(5)21(4)23(6)29(32(28)36-37-35)30(33)24-12-8-7-9-13-24/h7-17H,1-6H3. The zero-order valence-corrected chi connectivity index (χ0v) is 22.8. The average Bonchev–Trinajstić information content (AvgIpc) is 2.87. The minimum atomic E-state index is -0.586. The lowest BCUT2D eigenvalue weighted by atomic mass is 9.83. The van der Waals surface area contributed by atoms with E-state index in [9.17, 15) is 14.2 Å². The molecule has 37 heavy (non-hydrogen) atoms. The van der Waals surface area contributed by atoms with Gasteiger partial charge in [-0.2, -0.15) is 0 Å². The molecule has 0 heterocycles. The van der Waals surface area contributed by atoms with E-state index in [1.165, 1.54) is 0 Å². The van der Waals surface area contributed by atoms with E-state index in [2.05, 4.69) is 0 Å². The van der Waals surface area contributed by atoms with Gasteiger partial charge in [0, 0.05) is 22.3 Å². The molecule has 0 aliphatic carbocycles. The van der Waals surface area contributed by atoms with Crippen LogP contribution in [0.4, 0.5) is 0 Å². The lowest BCUT2D eigenvalue weighted by molar-refractivity contribution is 0.103. The fourth-order valence-corrected chi connectivity index (χ4v) is 5.41. The molecule has 0 saturated carbocycles. The SMILES string of the molecule is Cc1cc(C)c(C(=O)c2ccccc2-c2c(C)c(C)c(C)c(C(=O)c3ccccc3)c2OP=O)c(C)c1.